The van der Waals surface area contributed by atoms with Gasteiger partial charge in [-0.15, -0.1) is 0 Å². The Morgan fingerprint density at radius 3 is 2.71 bits per heavy atom. The highest BCUT2D eigenvalue weighted by Gasteiger charge is 2.09. The maximum Gasteiger partial charge on any atom is 0.269 e. The molecule has 0 aliphatic heterocycles. The van der Waals surface area contributed by atoms with Crippen LogP contribution in [0.1, 0.15) is 21.5 Å². The molecule has 0 bridgehead atoms. The third kappa shape index (κ3) is 3.88. The van der Waals surface area contributed by atoms with E-state index in [2.05, 4.69) is 21.2 Å². The Balaban J connectivity index is 2.05. The van der Waals surface area contributed by atoms with E-state index in [-0.39, 0.29) is 18.1 Å². The van der Waals surface area contributed by atoms with E-state index in [1.807, 2.05) is 13.0 Å². The van der Waals surface area contributed by atoms with Gasteiger partial charge in [0.25, 0.3) is 11.6 Å². The van der Waals surface area contributed by atoms with E-state index in [0.29, 0.717) is 11.1 Å². The number of halogens is 1. The number of nitro benzene ring substituents is 1. The maximum absolute atomic E-state index is 12.0. The average molecular weight is 349 g/mol. The van der Waals surface area contributed by atoms with Crippen LogP contribution >= 0.6 is 15.9 Å². The molecular weight excluding hydrogens is 336 g/mol. The van der Waals surface area contributed by atoms with E-state index >= 15 is 0 Å². The molecule has 1 N–H and O–H groups in total. The van der Waals surface area contributed by atoms with Gasteiger partial charge in [-0.1, -0.05) is 34.1 Å². The fraction of sp³-hybridized carbons (Fsp3) is 0.133. The van der Waals surface area contributed by atoms with Gasteiger partial charge in [-0.25, -0.2) is 0 Å². The molecule has 21 heavy (non-hydrogen) atoms. The number of nitro groups is 1. The smallest absolute Gasteiger partial charge is 0.269 e. The molecule has 0 heterocycles. The van der Waals surface area contributed by atoms with Crippen molar-refractivity contribution in [1.82, 2.24) is 5.32 Å². The minimum atomic E-state index is -0.456. The number of benzene rings is 2. The molecule has 0 saturated heterocycles. The third-order valence-electron chi connectivity index (χ3n) is 3.01. The molecule has 0 spiro atoms. The molecule has 108 valence electrons. The highest BCUT2D eigenvalue weighted by Crippen LogP contribution is 2.18. The second kappa shape index (κ2) is 6.49. The van der Waals surface area contributed by atoms with E-state index in [1.54, 1.807) is 24.3 Å². The largest absolute Gasteiger partial charge is 0.348 e. The highest BCUT2D eigenvalue weighted by molar-refractivity contribution is 9.10. The van der Waals surface area contributed by atoms with E-state index in [0.717, 1.165) is 10.0 Å². The van der Waals surface area contributed by atoms with E-state index in [4.69, 9.17) is 0 Å². The molecule has 0 radical (unpaired) electrons. The number of aryl methyl sites for hydroxylation is 1. The van der Waals surface area contributed by atoms with Crippen LogP contribution in [0.3, 0.4) is 0 Å². The van der Waals surface area contributed by atoms with Crippen LogP contribution in [-0.4, -0.2) is 10.8 Å². The number of hydrogen-bond acceptors (Lipinski definition) is 3. The summed E-state index contributed by atoms with van der Waals surface area (Å²) in [6, 6.07) is 11.5. The first-order valence-corrected chi connectivity index (χ1v) is 7.04. The topological polar surface area (TPSA) is 72.2 Å². The van der Waals surface area contributed by atoms with Gasteiger partial charge in [0.05, 0.1) is 4.92 Å². The summed E-state index contributed by atoms with van der Waals surface area (Å²) >= 11 is 3.38. The Morgan fingerprint density at radius 1 is 1.29 bits per heavy atom. The van der Waals surface area contributed by atoms with Gasteiger partial charge in [0.2, 0.25) is 0 Å². The zero-order chi connectivity index (χ0) is 15.4. The summed E-state index contributed by atoms with van der Waals surface area (Å²) in [5.74, 6) is -0.220. The van der Waals surface area contributed by atoms with Crippen LogP contribution in [0.5, 0.6) is 0 Å². The molecular formula is C15H13BrN2O3. The van der Waals surface area contributed by atoms with Gasteiger partial charge >= 0.3 is 0 Å². The molecule has 0 aliphatic carbocycles. The number of nitrogens with zero attached hydrogens (tertiary/aromatic N) is 1. The molecule has 0 aromatic heterocycles. The van der Waals surface area contributed by atoms with Crippen molar-refractivity contribution < 1.29 is 9.72 Å². The Bertz CT molecular complexity index is 701. The van der Waals surface area contributed by atoms with Crippen LogP contribution in [0.2, 0.25) is 0 Å². The Hall–Kier alpha value is -2.21. The number of hydrogen-bond donors (Lipinski definition) is 1. The lowest BCUT2D eigenvalue weighted by Gasteiger charge is -2.07. The summed E-state index contributed by atoms with van der Waals surface area (Å²) in [4.78, 5) is 22.3. The summed E-state index contributed by atoms with van der Waals surface area (Å²) in [7, 11) is 0. The predicted octanol–water partition coefficient (Wildman–Crippen LogP) is 3.60. The number of amides is 1. The van der Waals surface area contributed by atoms with Gasteiger partial charge in [-0.3, -0.25) is 14.9 Å². The summed E-state index contributed by atoms with van der Waals surface area (Å²) in [5, 5.41) is 13.4. The van der Waals surface area contributed by atoms with Crippen LogP contribution in [-0.2, 0) is 6.54 Å². The normalized spacial score (nSPS) is 10.2. The summed E-state index contributed by atoms with van der Waals surface area (Å²) in [6.45, 7) is 2.18. The van der Waals surface area contributed by atoms with Crippen molar-refractivity contribution in [3.8, 4) is 0 Å². The molecule has 2 aromatic rings. The molecule has 5 nitrogen and oxygen atoms in total. The molecule has 0 saturated carbocycles. The van der Waals surface area contributed by atoms with Crippen LogP contribution < -0.4 is 5.32 Å². The third-order valence-corrected chi connectivity index (χ3v) is 3.86. The minimum absolute atomic E-state index is 0.0137. The zero-order valence-corrected chi connectivity index (χ0v) is 12.9. The lowest BCUT2D eigenvalue weighted by Crippen LogP contribution is -2.22. The first-order chi connectivity index (χ1) is 9.97. The number of carbonyl (C=O) groups is 1. The van der Waals surface area contributed by atoms with Crippen LogP contribution in [0.25, 0.3) is 0 Å². The molecule has 6 heteroatoms. The van der Waals surface area contributed by atoms with Gasteiger partial charge in [0, 0.05) is 28.7 Å². The van der Waals surface area contributed by atoms with Gasteiger partial charge in [0.15, 0.2) is 0 Å². The fourth-order valence-corrected chi connectivity index (χ4v) is 2.18. The standard InChI is InChI=1S/C15H13BrN2O3/c1-10-5-6-12(8-14(10)16)15(19)17-9-11-3-2-4-13(7-11)18(20)21/h2-8H,9H2,1H3,(H,17,19). The van der Waals surface area contributed by atoms with Gasteiger partial charge in [-0.05, 0) is 30.2 Å². The lowest BCUT2D eigenvalue weighted by molar-refractivity contribution is -0.384. The van der Waals surface area contributed by atoms with Crippen LogP contribution in [0.4, 0.5) is 5.69 Å². The zero-order valence-electron chi connectivity index (χ0n) is 11.3. The van der Waals surface area contributed by atoms with Crippen molar-refractivity contribution in [2.45, 2.75) is 13.5 Å². The maximum atomic E-state index is 12.0. The summed E-state index contributed by atoms with van der Waals surface area (Å²) < 4.78 is 0.866. The van der Waals surface area contributed by atoms with E-state index in [1.165, 1.54) is 12.1 Å². The average Bonchev–Trinajstić information content (AvgIpc) is 2.48. The summed E-state index contributed by atoms with van der Waals surface area (Å²) in [5.41, 5.74) is 2.28. The first kappa shape index (κ1) is 15.2. The van der Waals surface area contributed by atoms with Gasteiger partial charge in [0.1, 0.15) is 0 Å². The molecule has 0 aliphatic rings. The second-order valence-corrected chi connectivity index (χ2v) is 5.43. The number of non-ortho nitro benzene ring substituents is 1. The molecule has 2 rings (SSSR count). The van der Waals surface area contributed by atoms with Crippen molar-refractivity contribution in [2.24, 2.45) is 0 Å². The number of rotatable bonds is 4. The van der Waals surface area contributed by atoms with E-state index in [9.17, 15) is 14.9 Å². The number of carbonyl (C=O) groups excluding carboxylic acids is 1. The van der Waals surface area contributed by atoms with Crippen molar-refractivity contribution >= 4 is 27.5 Å². The quantitative estimate of drug-likeness (QED) is 0.677. The van der Waals surface area contributed by atoms with Crippen molar-refractivity contribution in [1.29, 1.82) is 0 Å². The molecule has 1 amide bonds. The van der Waals surface area contributed by atoms with Crippen molar-refractivity contribution in [3.05, 3.63) is 73.7 Å². The molecule has 0 atom stereocenters. The molecule has 2 aromatic carbocycles. The Kier molecular flexibility index (Phi) is 4.70. The number of nitrogens with one attached hydrogen (secondary N) is 1. The highest BCUT2D eigenvalue weighted by atomic mass is 79.9. The summed E-state index contributed by atoms with van der Waals surface area (Å²) in [6.07, 6.45) is 0. The van der Waals surface area contributed by atoms with Crippen LogP contribution in [0.15, 0.2) is 46.9 Å². The molecule has 0 unspecified atom stereocenters. The fourth-order valence-electron chi connectivity index (χ4n) is 1.80. The lowest BCUT2D eigenvalue weighted by atomic mass is 10.1. The monoisotopic (exact) mass is 348 g/mol. The van der Waals surface area contributed by atoms with Gasteiger partial charge in [-0.2, -0.15) is 0 Å². The van der Waals surface area contributed by atoms with Gasteiger partial charge < -0.3 is 5.32 Å². The van der Waals surface area contributed by atoms with Crippen LogP contribution in [0, 0.1) is 17.0 Å². The Labute approximate surface area is 130 Å². The Morgan fingerprint density at radius 2 is 2.05 bits per heavy atom. The van der Waals surface area contributed by atoms with Crippen molar-refractivity contribution in [2.75, 3.05) is 0 Å². The van der Waals surface area contributed by atoms with E-state index < -0.39 is 4.92 Å². The second-order valence-electron chi connectivity index (χ2n) is 4.57. The predicted molar refractivity (Wildman–Crippen MR) is 83.1 cm³/mol. The minimum Gasteiger partial charge on any atom is -0.348 e. The van der Waals surface area contributed by atoms with Crippen molar-refractivity contribution in [3.63, 3.8) is 0 Å². The first-order valence-electron chi connectivity index (χ1n) is 6.25. The molecule has 0 fully saturated rings. The SMILES string of the molecule is Cc1ccc(C(=O)NCc2cccc([N+](=O)[O-])c2)cc1Br.